The minimum Gasteiger partial charge on any atom is -0.301 e. The van der Waals surface area contributed by atoms with Crippen LogP contribution in [0.4, 0.5) is 0 Å². The van der Waals surface area contributed by atoms with Crippen LogP contribution >= 0.6 is 0 Å². The fraction of sp³-hybridized carbons (Fsp3) is 1.00. The highest BCUT2D eigenvalue weighted by Gasteiger charge is 2.39. The lowest BCUT2D eigenvalue weighted by Gasteiger charge is -2.52. The van der Waals surface area contributed by atoms with E-state index in [9.17, 15) is 0 Å². The predicted octanol–water partition coefficient (Wildman–Crippen LogP) is 2.84. The van der Waals surface area contributed by atoms with E-state index in [0.717, 1.165) is 17.9 Å². The van der Waals surface area contributed by atoms with E-state index < -0.39 is 0 Å². The maximum Gasteiger partial charge on any atom is 0.0125 e. The summed E-state index contributed by atoms with van der Waals surface area (Å²) in [7, 11) is 0. The van der Waals surface area contributed by atoms with Crippen molar-refractivity contribution >= 4 is 0 Å². The summed E-state index contributed by atoms with van der Waals surface area (Å²) in [6.45, 7) is 17.0. The third-order valence-corrected chi connectivity index (χ3v) is 4.83. The van der Waals surface area contributed by atoms with Gasteiger partial charge in [-0.2, -0.15) is 0 Å². The Morgan fingerprint density at radius 1 is 0.941 bits per heavy atom. The Morgan fingerprint density at radius 3 is 1.88 bits per heavy atom. The number of nitrogens with zero attached hydrogens (tertiary/aromatic N) is 2. The molecule has 2 aliphatic heterocycles. The number of hydrogen-bond acceptors (Lipinski definition) is 2. The second-order valence-electron chi connectivity index (χ2n) is 7.30. The van der Waals surface area contributed by atoms with Crippen molar-refractivity contribution in [2.75, 3.05) is 26.2 Å². The van der Waals surface area contributed by atoms with Crippen LogP contribution in [0.25, 0.3) is 0 Å². The quantitative estimate of drug-likeness (QED) is 0.730. The smallest absolute Gasteiger partial charge is 0.0125 e. The standard InChI is InChI=1S/C15H30N2/c1-12(2)16-8-6-13(7-9-16)14-10-17(11-14)15(3,4)5/h12-14H,6-11H2,1-5H3. The molecule has 0 amide bonds. The van der Waals surface area contributed by atoms with Gasteiger partial charge in [-0.3, -0.25) is 4.90 Å². The fourth-order valence-corrected chi connectivity index (χ4v) is 3.27. The van der Waals surface area contributed by atoms with Gasteiger partial charge < -0.3 is 4.90 Å². The van der Waals surface area contributed by atoms with Crippen molar-refractivity contribution in [2.45, 2.75) is 59.0 Å². The molecule has 0 aromatic heterocycles. The van der Waals surface area contributed by atoms with Gasteiger partial charge in [-0.25, -0.2) is 0 Å². The fourth-order valence-electron chi connectivity index (χ4n) is 3.27. The lowest BCUT2D eigenvalue weighted by Crippen LogP contribution is -2.58. The zero-order chi connectivity index (χ0) is 12.6. The molecule has 0 saturated carbocycles. The zero-order valence-electron chi connectivity index (χ0n) is 12.4. The van der Waals surface area contributed by atoms with Gasteiger partial charge in [0.1, 0.15) is 0 Å². The van der Waals surface area contributed by atoms with E-state index in [0.29, 0.717) is 5.54 Å². The molecule has 2 aliphatic rings. The van der Waals surface area contributed by atoms with Gasteiger partial charge in [-0.15, -0.1) is 0 Å². The summed E-state index contributed by atoms with van der Waals surface area (Å²) < 4.78 is 0. The van der Waals surface area contributed by atoms with Gasteiger partial charge in [0.2, 0.25) is 0 Å². The van der Waals surface area contributed by atoms with E-state index in [1.165, 1.54) is 39.0 Å². The van der Waals surface area contributed by atoms with E-state index in [-0.39, 0.29) is 0 Å². The molecular formula is C15H30N2. The van der Waals surface area contributed by atoms with Gasteiger partial charge in [0.25, 0.3) is 0 Å². The third kappa shape index (κ3) is 3.03. The Labute approximate surface area is 107 Å². The first-order valence-corrected chi connectivity index (χ1v) is 7.37. The van der Waals surface area contributed by atoms with Gasteiger partial charge in [-0.05, 0) is 72.4 Å². The topological polar surface area (TPSA) is 6.48 Å². The SMILES string of the molecule is CC(C)N1CCC(C2CN(C(C)(C)C)C2)CC1. The monoisotopic (exact) mass is 238 g/mol. The molecule has 2 nitrogen and oxygen atoms in total. The van der Waals surface area contributed by atoms with Crippen LogP contribution in [0.5, 0.6) is 0 Å². The van der Waals surface area contributed by atoms with E-state index in [4.69, 9.17) is 0 Å². The summed E-state index contributed by atoms with van der Waals surface area (Å²) >= 11 is 0. The Bertz CT molecular complexity index is 240. The molecule has 0 atom stereocenters. The molecule has 0 unspecified atom stereocenters. The first-order chi connectivity index (χ1) is 7.88. The molecule has 17 heavy (non-hydrogen) atoms. The van der Waals surface area contributed by atoms with Crippen molar-refractivity contribution in [2.24, 2.45) is 11.8 Å². The largest absolute Gasteiger partial charge is 0.301 e. The van der Waals surface area contributed by atoms with Crippen LogP contribution in [0.15, 0.2) is 0 Å². The highest BCUT2D eigenvalue weighted by atomic mass is 15.2. The van der Waals surface area contributed by atoms with Crippen LogP contribution in [-0.4, -0.2) is 47.6 Å². The summed E-state index contributed by atoms with van der Waals surface area (Å²) in [5, 5.41) is 0. The normalized spacial score (nSPS) is 26.5. The average Bonchev–Trinajstić information content (AvgIpc) is 2.13. The number of hydrogen-bond donors (Lipinski definition) is 0. The summed E-state index contributed by atoms with van der Waals surface area (Å²) in [6.07, 6.45) is 2.86. The highest BCUT2D eigenvalue weighted by molar-refractivity contribution is 4.93. The van der Waals surface area contributed by atoms with Gasteiger partial charge >= 0.3 is 0 Å². The molecule has 0 N–H and O–H groups in total. The van der Waals surface area contributed by atoms with Crippen LogP contribution in [0, 0.1) is 11.8 Å². The van der Waals surface area contributed by atoms with Crippen molar-refractivity contribution in [3.8, 4) is 0 Å². The highest BCUT2D eigenvalue weighted by Crippen LogP contribution is 2.35. The van der Waals surface area contributed by atoms with E-state index in [2.05, 4.69) is 44.4 Å². The Kier molecular flexibility index (Phi) is 3.84. The number of rotatable bonds is 2. The molecule has 2 heterocycles. The van der Waals surface area contributed by atoms with Gasteiger partial charge in [0.15, 0.2) is 0 Å². The molecule has 0 bridgehead atoms. The van der Waals surface area contributed by atoms with Gasteiger partial charge in [-0.1, -0.05) is 0 Å². The van der Waals surface area contributed by atoms with Gasteiger partial charge in [0.05, 0.1) is 0 Å². The molecule has 0 radical (unpaired) electrons. The molecule has 100 valence electrons. The first-order valence-electron chi connectivity index (χ1n) is 7.37. The van der Waals surface area contributed by atoms with Crippen LogP contribution < -0.4 is 0 Å². The Balaban J connectivity index is 1.73. The van der Waals surface area contributed by atoms with Crippen LogP contribution in [0.1, 0.15) is 47.5 Å². The second kappa shape index (κ2) is 4.89. The summed E-state index contributed by atoms with van der Waals surface area (Å²) in [5.41, 5.74) is 0.384. The number of piperidine rings is 1. The van der Waals surface area contributed by atoms with Crippen LogP contribution in [0.3, 0.4) is 0 Å². The molecular weight excluding hydrogens is 208 g/mol. The molecule has 0 spiro atoms. The Morgan fingerprint density at radius 2 is 1.47 bits per heavy atom. The predicted molar refractivity (Wildman–Crippen MR) is 74.2 cm³/mol. The van der Waals surface area contributed by atoms with Crippen molar-refractivity contribution in [1.29, 1.82) is 0 Å². The van der Waals surface area contributed by atoms with Gasteiger partial charge in [0, 0.05) is 24.7 Å². The summed E-state index contributed by atoms with van der Waals surface area (Å²) in [6, 6.07) is 0.739. The second-order valence-corrected chi connectivity index (χ2v) is 7.30. The molecule has 2 saturated heterocycles. The number of likely N-dealkylation sites (tertiary alicyclic amines) is 2. The van der Waals surface area contributed by atoms with Crippen LogP contribution in [0.2, 0.25) is 0 Å². The van der Waals surface area contributed by atoms with E-state index in [1.807, 2.05) is 0 Å². The van der Waals surface area contributed by atoms with Crippen molar-refractivity contribution in [3.05, 3.63) is 0 Å². The van der Waals surface area contributed by atoms with Crippen molar-refractivity contribution in [3.63, 3.8) is 0 Å². The minimum absolute atomic E-state index is 0.384. The van der Waals surface area contributed by atoms with E-state index >= 15 is 0 Å². The average molecular weight is 238 g/mol. The molecule has 2 rings (SSSR count). The Hall–Kier alpha value is -0.0800. The molecule has 2 fully saturated rings. The van der Waals surface area contributed by atoms with Crippen molar-refractivity contribution < 1.29 is 0 Å². The molecule has 0 aromatic rings. The van der Waals surface area contributed by atoms with Crippen molar-refractivity contribution in [1.82, 2.24) is 9.80 Å². The lowest BCUT2D eigenvalue weighted by atomic mass is 9.77. The molecule has 2 heteroatoms. The maximum atomic E-state index is 2.64. The minimum atomic E-state index is 0.384. The molecule has 0 aromatic carbocycles. The molecule has 0 aliphatic carbocycles. The van der Waals surface area contributed by atoms with Crippen LogP contribution in [-0.2, 0) is 0 Å². The zero-order valence-corrected chi connectivity index (χ0v) is 12.4. The first kappa shape index (κ1) is 13.4. The summed E-state index contributed by atoms with van der Waals surface area (Å²) in [4.78, 5) is 5.27. The maximum absolute atomic E-state index is 2.64. The summed E-state index contributed by atoms with van der Waals surface area (Å²) in [5.74, 6) is 1.99. The lowest BCUT2D eigenvalue weighted by molar-refractivity contribution is -0.0294. The third-order valence-electron chi connectivity index (χ3n) is 4.83. The van der Waals surface area contributed by atoms with E-state index in [1.54, 1.807) is 0 Å².